The standard InChI is InChI=1S/C17H24N2O2/c1-13(20)18-16(15-10-6-7-11-15)17(21)19(2)12-14-8-4-3-5-9-14/h3-5,8-9,15-16H,6-7,10-12H2,1-2H3,(H,18,20). The van der Waals surface area contributed by atoms with Crippen LogP contribution in [0.3, 0.4) is 0 Å². The van der Waals surface area contributed by atoms with Gasteiger partial charge in [-0.3, -0.25) is 9.59 Å². The van der Waals surface area contributed by atoms with Gasteiger partial charge in [0, 0.05) is 20.5 Å². The zero-order valence-electron chi connectivity index (χ0n) is 12.8. The van der Waals surface area contributed by atoms with E-state index in [9.17, 15) is 9.59 Å². The third-order valence-electron chi connectivity index (χ3n) is 4.13. The summed E-state index contributed by atoms with van der Waals surface area (Å²) in [6, 6.07) is 9.54. The number of hydrogen-bond donors (Lipinski definition) is 1. The first-order valence-corrected chi connectivity index (χ1v) is 7.64. The quantitative estimate of drug-likeness (QED) is 0.904. The number of amides is 2. The van der Waals surface area contributed by atoms with Gasteiger partial charge in [-0.25, -0.2) is 0 Å². The van der Waals surface area contributed by atoms with Crippen LogP contribution < -0.4 is 5.32 Å². The summed E-state index contributed by atoms with van der Waals surface area (Å²) in [6.07, 6.45) is 4.35. The maximum Gasteiger partial charge on any atom is 0.245 e. The van der Waals surface area contributed by atoms with E-state index in [4.69, 9.17) is 0 Å². The van der Waals surface area contributed by atoms with Crippen molar-refractivity contribution in [2.24, 2.45) is 5.92 Å². The molecule has 0 radical (unpaired) electrons. The van der Waals surface area contributed by atoms with Crippen molar-refractivity contribution in [1.82, 2.24) is 10.2 Å². The Morgan fingerprint density at radius 3 is 2.43 bits per heavy atom. The third kappa shape index (κ3) is 4.31. The van der Waals surface area contributed by atoms with E-state index in [0.717, 1.165) is 31.2 Å². The molecule has 1 saturated carbocycles. The van der Waals surface area contributed by atoms with Crippen molar-refractivity contribution in [2.75, 3.05) is 7.05 Å². The van der Waals surface area contributed by atoms with Crippen LogP contribution in [0.25, 0.3) is 0 Å². The minimum absolute atomic E-state index is 0.0148. The molecule has 2 rings (SSSR count). The number of benzene rings is 1. The van der Waals surface area contributed by atoms with Crippen LogP contribution in [0.15, 0.2) is 30.3 Å². The van der Waals surface area contributed by atoms with Crippen LogP contribution in [0, 0.1) is 5.92 Å². The Morgan fingerprint density at radius 1 is 1.24 bits per heavy atom. The molecule has 4 heteroatoms. The first-order chi connectivity index (χ1) is 10.1. The molecule has 1 atom stereocenters. The molecular weight excluding hydrogens is 264 g/mol. The van der Waals surface area contributed by atoms with Gasteiger partial charge in [0.2, 0.25) is 11.8 Å². The molecule has 0 aromatic heterocycles. The minimum Gasteiger partial charge on any atom is -0.344 e. The fourth-order valence-corrected chi connectivity index (χ4v) is 3.06. The van der Waals surface area contributed by atoms with Crippen molar-refractivity contribution in [3.63, 3.8) is 0 Å². The Morgan fingerprint density at radius 2 is 1.86 bits per heavy atom. The number of nitrogens with one attached hydrogen (secondary N) is 1. The third-order valence-corrected chi connectivity index (χ3v) is 4.13. The molecule has 0 saturated heterocycles. The summed E-state index contributed by atoms with van der Waals surface area (Å²) in [6.45, 7) is 2.05. The monoisotopic (exact) mass is 288 g/mol. The molecule has 1 fully saturated rings. The molecule has 0 bridgehead atoms. The highest BCUT2D eigenvalue weighted by Gasteiger charge is 2.32. The lowest BCUT2D eigenvalue weighted by molar-refractivity contribution is -0.137. The van der Waals surface area contributed by atoms with Crippen LogP contribution >= 0.6 is 0 Å². The second kappa shape index (κ2) is 7.25. The predicted octanol–water partition coefficient (Wildman–Crippen LogP) is 2.34. The van der Waals surface area contributed by atoms with Crippen LogP contribution in [0.2, 0.25) is 0 Å². The normalized spacial score (nSPS) is 16.5. The van der Waals surface area contributed by atoms with E-state index in [1.54, 1.807) is 11.9 Å². The number of rotatable bonds is 5. The van der Waals surface area contributed by atoms with Crippen molar-refractivity contribution in [3.05, 3.63) is 35.9 Å². The number of likely N-dealkylation sites (N-methyl/N-ethyl adjacent to an activating group) is 1. The van der Waals surface area contributed by atoms with Crippen LogP contribution in [0.5, 0.6) is 0 Å². The molecule has 1 aliphatic rings. The molecule has 1 unspecified atom stereocenters. The zero-order valence-corrected chi connectivity index (χ0v) is 12.8. The Balaban J connectivity index is 2.04. The summed E-state index contributed by atoms with van der Waals surface area (Å²) in [5.41, 5.74) is 1.10. The van der Waals surface area contributed by atoms with Crippen LogP contribution in [0.1, 0.15) is 38.2 Å². The first-order valence-electron chi connectivity index (χ1n) is 7.64. The molecule has 1 aromatic rings. The largest absolute Gasteiger partial charge is 0.344 e. The van der Waals surface area contributed by atoms with E-state index in [-0.39, 0.29) is 23.8 Å². The van der Waals surface area contributed by atoms with Gasteiger partial charge < -0.3 is 10.2 Å². The fraction of sp³-hybridized carbons (Fsp3) is 0.529. The second-order valence-electron chi connectivity index (χ2n) is 5.90. The van der Waals surface area contributed by atoms with E-state index in [2.05, 4.69) is 5.32 Å². The van der Waals surface area contributed by atoms with Gasteiger partial charge in [0.25, 0.3) is 0 Å². The van der Waals surface area contributed by atoms with E-state index in [1.165, 1.54) is 6.92 Å². The Bertz CT molecular complexity index is 481. The van der Waals surface area contributed by atoms with Crippen molar-refractivity contribution in [2.45, 2.75) is 45.2 Å². The maximum absolute atomic E-state index is 12.7. The molecule has 1 aromatic carbocycles. The van der Waals surface area contributed by atoms with Gasteiger partial charge in [0.15, 0.2) is 0 Å². The molecule has 0 aliphatic heterocycles. The van der Waals surface area contributed by atoms with E-state index >= 15 is 0 Å². The molecule has 2 amide bonds. The summed E-state index contributed by atoms with van der Waals surface area (Å²) in [5.74, 6) is 0.161. The van der Waals surface area contributed by atoms with Gasteiger partial charge in [-0.2, -0.15) is 0 Å². The molecule has 1 N–H and O–H groups in total. The number of nitrogens with zero attached hydrogens (tertiary/aromatic N) is 1. The molecule has 1 aliphatic carbocycles. The minimum atomic E-state index is -0.376. The summed E-state index contributed by atoms with van der Waals surface area (Å²) in [4.78, 5) is 25.8. The fourth-order valence-electron chi connectivity index (χ4n) is 3.06. The lowest BCUT2D eigenvalue weighted by Crippen LogP contribution is -2.50. The van der Waals surface area contributed by atoms with Gasteiger partial charge in [-0.05, 0) is 24.3 Å². The summed E-state index contributed by atoms with van der Waals surface area (Å²) in [5, 5.41) is 2.86. The SMILES string of the molecule is CC(=O)NC(C(=O)N(C)Cc1ccccc1)C1CCCC1. The highest BCUT2D eigenvalue weighted by Crippen LogP contribution is 2.28. The molecule has 0 heterocycles. The number of hydrogen-bond acceptors (Lipinski definition) is 2. The first kappa shape index (κ1) is 15.5. The van der Waals surface area contributed by atoms with E-state index < -0.39 is 0 Å². The van der Waals surface area contributed by atoms with Gasteiger partial charge in [0.1, 0.15) is 6.04 Å². The predicted molar refractivity (Wildman–Crippen MR) is 82.5 cm³/mol. The average Bonchev–Trinajstić information content (AvgIpc) is 2.99. The molecule has 114 valence electrons. The van der Waals surface area contributed by atoms with Gasteiger partial charge >= 0.3 is 0 Å². The highest BCUT2D eigenvalue weighted by molar-refractivity contribution is 5.87. The number of carbonyl (C=O) groups is 2. The molecular formula is C17H24N2O2. The van der Waals surface area contributed by atoms with Gasteiger partial charge in [0.05, 0.1) is 0 Å². The topological polar surface area (TPSA) is 49.4 Å². The van der Waals surface area contributed by atoms with Crippen molar-refractivity contribution >= 4 is 11.8 Å². The summed E-state index contributed by atoms with van der Waals surface area (Å²) in [7, 11) is 1.80. The second-order valence-corrected chi connectivity index (χ2v) is 5.90. The Kier molecular flexibility index (Phi) is 5.37. The lowest BCUT2D eigenvalue weighted by atomic mass is 9.96. The van der Waals surface area contributed by atoms with Crippen LogP contribution in [-0.4, -0.2) is 29.8 Å². The average molecular weight is 288 g/mol. The van der Waals surface area contributed by atoms with Crippen LogP contribution in [0.4, 0.5) is 0 Å². The Labute approximate surface area is 126 Å². The van der Waals surface area contributed by atoms with Crippen LogP contribution in [-0.2, 0) is 16.1 Å². The maximum atomic E-state index is 12.7. The highest BCUT2D eigenvalue weighted by atomic mass is 16.2. The lowest BCUT2D eigenvalue weighted by Gasteiger charge is -2.28. The molecule has 21 heavy (non-hydrogen) atoms. The van der Waals surface area contributed by atoms with Crippen molar-refractivity contribution in [3.8, 4) is 0 Å². The zero-order chi connectivity index (χ0) is 15.2. The Hall–Kier alpha value is -1.84. The smallest absolute Gasteiger partial charge is 0.245 e. The van der Waals surface area contributed by atoms with E-state index in [1.807, 2.05) is 30.3 Å². The summed E-state index contributed by atoms with van der Waals surface area (Å²) >= 11 is 0. The van der Waals surface area contributed by atoms with Gasteiger partial charge in [-0.15, -0.1) is 0 Å². The number of carbonyl (C=O) groups excluding carboxylic acids is 2. The van der Waals surface area contributed by atoms with Gasteiger partial charge in [-0.1, -0.05) is 43.2 Å². The van der Waals surface area contributed by atoms with Crippen molar-refractivity contribution < 1.29 is 9.59 Å². The van der Waals surface area contributed by atoms with Crippen molar-refractivity contribution in [1.29, 1.82) is 0 Å². The van der Waals surface area contributed by atoms with E-state index in [0.29, 0.717) is 6.54 Å². The molecule has 0 spiro atoms. The molecule has 4 nitrogen and oxygen atoms in total. The summed E-state index contributed by atoms with van der Waals surface area (Å²) < 4.78 is 0.